The molecule has 17 heavy (non-hydrogen) atoms. The van der Waals surface area contributed by atoms with Gasteiger partial charge in [-0.3, -0.25) is 4.79 Å². The van der Waals surface area contributed by atoms with E-state index in [4.69, 9.17) is 0 Å². The molecule has 1 fully saturated rings. The first kappa shape index (κ1) is 12.2. The molecule has 1 aromatic heterocycles. The molecular formula is C13H21N3O. The number of amides is 1. The van der Waals surface area contributed by atoms with E-state index in [1.165, 1.54) is 5.69 Å². The molecule has 0 spiro atoms. The molecule has 0 aromatic carbocycles. The number of carbonyl (C=O) groups is 1. The molecule has 0 radical (unpaired) electrons. The van der Waals surface area contributed by atoms with Crippen LogP contribution in [0.5, 0.6) is 0 Å². The molecule has 1 aliphatic heterocycles. The molecule has 2 rings (SSSR count). The van der Waals surface area contributed by atoms with Gasteiger partial charge in [0.05, 0.1) is 6.04 Å². The highest BCUT2D eigenvalue weighted by atomic mass is 16.2. The third-order valence-electron chi connectivity index (χ3n) is 3.20. The lowest BCUT2D eigenvalue weighted by Gasteiger charge is -2.23. The van der Waals surface area contributed by atoms with Gasteiger partial charge in [-0.1, -0.05) is 6.92 Å². The van der Waals surface area contributed by atoms with Gasteiger partial charge in [-0.2, -0.15) is 0 Å². The Morgan fingerprint density at radius 1 is 1.59 bits per heavy atom. The second-order valence-electron chi connectivity index (χ2n) is 4.56. The Bertz CT molecular complexity index is 372. The Kier molecular flexibility index (Phi) is 4.20. The lowest BCUT2D eigenvalue weighted by Crippen LogP contribution is -2.48. The predicted octanol–water partition coefficient (Wildman–Crippen LogP) is 1.27. The lowest BCUT2D eigenvalue weighted by atomic mass is 10.1. The average molecular weight is 235 g/mol. The number of aryl methyl sites for hydroxylation is 1. The maximum Gasteiger partial charge on any atom is 0.237 e. The first-order chi connectivity index (χ1) is 8.31. The van der Waals surface area contributed by atoms with E-state index >= 15 is 0 Å². The summed E-state index contributed by atoms with van der Waals surface area (Å²) >= 11 is 0. The summed E-state index contributed by atoms with van der Waals surface area (Å²) in [5, 5.41) is 6.23. The Hall–Kier alpha value is -1.29. The zero-order valence-corrected chi connectivity index (χ0v) is 10.4. The van der Waals surface area contributed by atoms with E-state index in [0.29, 0.717) is 0 Å². The molecule has 1 unspecified atom stereocenters. The first-order valence-electron chi connectivity index (χ1n) is 6.46. The van der Waals surface area contributed by atoms with E-state index in [9.17, 15) is 4.79 Å². The van der Waals surface area contributed by atoms with Crippen LogP contribution >= 0.6 is 0 Å². The highest BCUT2D eigenvalue weighted by Gasteiger charge is 2.21. The molecule has 1 saturated heterocycles. The van der Waals surface area contributed by atoms with Gasteiger partial charge in [-0.15, -0.1) is 0 Å². The van der Waals surface area contributed by atoms with Crippen molar-refractivity contribution in [1.82, 2.24) is 15.2 Å². The largest absolute Gasteiger partial charge is 0.355 e. The van der Waals surface area contributed by atoms with E-state index < -0.39 is 0 Å². The molecule has 1 aliphatic rings. The average Bonchev–Trinajstić information content (AvgIpc) is 2.76. The van der Waals surface area contributed by atoms with E-state index in [1.807, 2.05) is 0 Å². The van der Waals surface area contributed by atoms with Crippen molar-refractivity contribution in [2.45, 2.75) is 45.3 Å². The van der Waals surface area contributed by atoms with Gasteiger partial charge in [0.25, 0.3) is 0 Å². The third kappa shape index (κ3) is 3.09. The van der Waals surface area contributed by atoms with Gasteiger partial charge in [0.1, 0.15) is 0 Å². The Morgan fingerprint density at radius 3 is 3.24 bits per heavy atom. The van der Waals surface area contributed by atoms with Gasteiger partial charge < -0.3 is 15.2 Å². The SMILES string of the molecule is CCCn1cccc1CNC1CCCNC1=O. The van der Waals surface area contributed by atoms with Gasteiger partial charge in [0.15, 0.2) is 0 Å². The molecule has 0 bridgehead atoms. The van der Waals surface area contributed by atoms with Gasteiger partial charge in [0.2, 0.25) is 5.91 Å². The number of carbonyl (C=O) groups excluding carboxylic acids is 1. The zero-order valence-electron chi connectivity index (χ0n) is 10.4. The second-order valence-corrected chi connectivity index (χ2v) is 4.56. The highest BCUT2D eigenvalue weighted by molar-refractivity contribution is 5.82. The van der Waals surface area contributed by atoms with Crippen LogP contribution in [0.4, 0.5) is 0 Å². The minimum Gasteiger partial charge on any atom is -0.355 e. The normalized spacial score (nSPS) is 20.3. The van der Waals surface area contributed by atoms with Crippen LogP contribution in [0.15, 0.2) is 18.3 Å². The van der Waals surface area contributed by atoms with Crippen molar-refractivity contribution in [1.29, 1.82) is 0 Å². The fourth-order valence-electron chi connectivity index (χ4n) is 2.26. The molecule has 0 aliphatic carbocycles. The van der Waals surface area contributed by atoms with E-state index in [1.54, 1.807) is 0 Å². The summed E-state index contributed by atoms with van der Waals surface area (Å²) in [7, 11) is 0. The summed E-state index contributed by atoms with van der Waals surface area (Å²) in [5.41, 5.74) is 1.25. The van der Waals surface area contributed by atoms with Crippen molar-refractivity contribution < 1.29 is 4.79 Å². The standard InChI is InChI=1S/C13H21N3O/c1-2-8-16-9-4-5-11(16)10-15-12-6-3-7-14-13(12)17/h4-5,9,12,15H,2-3,6-8,10H2,1H3,(H,14,17). The van der Waals surface area contributed by atoms with Gasteiger partial charge in [-0.25, -0.2) is 0 Å². The second kappa shape index (κ2) is 5.87. The fourth-order valence-corrected chi connectivity index (χ4v) is 2.26. The van der Waals surface area contributed by atoms with Crippen molar-refractivity contribution in [2.24, 2.45) is 0 Å². The van der Waals surface area contributed by atoms with Crippen LogP contribution in [0.2, 0.25) is 0 Å². The van der Waals surface area contributed by atoms with Crippen molar-refractivity contribution in [2.75, 3.05) is 6.54 Å². The number of piperidine rings is 1. The maximum atomic E-state index is 11.6. The molecule has 4 heteroatoms. The summed E-state index contributed by atoms with van der Waals surface area (Å²) in [4.78, 5) is 11.6. The van der Waals surface area contributed by atoms with Crippen molar-refractivity contribution in [3.8, 4) is 0 Å². The van der Waals surface area contributed by atoms with Crippen LogP contribution < -0.4 is 10.6 Å². The number of nitrogens with one attached hydrogen (secondary N) is 2. The van der Waals surface area contributed by atoms with E-state index in [2.05, 4.69) is 40.5 Å². The van der Waals surface area contributed by atoms with Crippen molar-refractivity contribution >= 4 is 5.91 Å². The summed E-state index contributed by atoms with van der Waals surface area (Å²) in [6, 6.07) is 4.16. The van der Waals surface area contributed by atoms with Crippen LogP contribution in [0.3, 0.4) is 0 Å². The number of nitrogens with zero attached hydrogens (tertiary/aromatic N) is 1. The molecule has 2 heterocycles. The molecule has 94 valence electrons. The number of aromatic nitrogens is 1. The Labute approximate surface area is 102 Å². The van der Waals surface area contributed by atoms with Crippen LogP contribution in [-0.2, 0) is 17.9 Å². The molecule has 1 atom stereocenters. The lowest BCUT2D eigenvalue weighted by molar-refractivity contribution is -0.124. The zero-order chi connectivity index (χ0) is 12.1. The minimum atomic E-state index is -0.0197. The first-order valence-corrected chi connectivity index (χ1v) is 6.46. The minimum absolute atomic E-state index is 0.0197. The summed E-state index contributed by atoms with van der Waals surface area (Å²) in [6.45, 7) is 4.81. The monoisotopic (exact) mass is 235 g/mol. The van der Waals surface area contributed by atoms with Gasteiger partial charge in [-0.05, 0) is 31.4 Å². The summed E-state index contributed by atoms with van der Waals surface area (Å²) in [5.74, 6) is 0.143. The fraction of sp³-hybridized carbons (Fsp3) is 0.615. The van der Waals surface area contributed by atoms with Crippen LogP contribution in [0.25, 0.3) is 0 Å². The van der Waals surface area contributed by atoms with Crippen molar-refractivity contribution in [3.05, 3.63) is 24.0 Å². The quantitative estimate of drug-likeness (QED) is 0.807. The topological polar surface area (TPSA) is 46.1 Å². The van der Waals surface area contributed by atoms with Crippen molar-refractivity contribution in [3.63, 3.8) is 0 Å². The van der Waals surface area contributed by atoms with Crippen LogP contribution in [-0.4, -0.2) is 23.1 Å². The molecular weight excluding hydrogens is 214 g/mol. The highest BCUT2D eigenvalue weighted by Crippen LogP contribution is 2.07. The van der Waals surface area contributed by atoms with Crippen LogP contribution in [0.1, 0.15) is 31.9 Å². The Morgan fingerprint density at radius 2 is 2.47 bits per heavy atom. The predicted molar refractivity (Wildman–Crippen MR) is 67.6 cm³/mol. The molecule has 4 nitrogen and oxygen atoms in total. The van der Waals surface area contributed by atoms with Gasteiger partial charge >= 0.3 is 0 Å². The number of hydrogen-bond acceptors (Lipinski definition) is 2. The Balaban J connectivity index is 1.88. The molecule has 0 saturated carbocycles. The summed E-state index contributed by atoms with van der Waals surface area (Å²) < 4.78 is 2.24. The van der Waals surface area contributed by atoms with E-state index in [0.717, 1.165) is 38.9 Å². The van der Waals surface area contributed by atoms with Gasteiger partial charge in [0, 0.05) is 31.5 Å². The number of rotatable bonds is 5. The summed E-state index contributed by atoms with van der Waals surface area (Å²) in [6.07, 6.45) is 5.24. The van der Waals surface area contributed by atoms with Crippen LogP contribution in [0, 0.1) is 0 Å². The number of hydrogen-bond donors (Lipinski definition) is 2. The molecule has 2 N–H and O–H groups in total. The smallest absolute Gasteiger partial charge is 0.237 e. The van der Waals surface area contributed by atoms with E-state index in [-0.39, 0.29) is 11.9 Å². The third-order valence-corrected chi connectivity index (χ3v) is 3.20. The maximum absolute atomic E-state index is 11.6. The molecule has 1 amide bonds. The molecule has 1 aromatic rings.